The number of nitrogens with zero attached hydrogens (tertiary/aromatic N) is 1. The van der Waals surface area contributed by atoms with Crippen LogP contribution in [0.4, 0.5) is 0 Å². The van der Waals surface area contributed by atoms with E-state index in [4.69, 9.17) is 18.7 Å². The van der Waals surface area contributed by atoms with Gasteiger partial charge >= 0.3 is 11.9 Å². The number of hydrogen-bond donors (Lipinski definition) is 0. The van der Waals surface area contributed by atoms with Crippen LogP contribution < -0.4 is 4.74 Å². The average molecular weight is 389 g/mol. The molecule has 0 aliphatic heterocycles. The minimum absolute atomic E-state index is 0.0872. The molecule has 0 N–H and O–H groups in total. The van der Waals surface area contributed by atoms with Crippen LogP contribution in [0.3, 0.4) is 0 Å². The lowest BCUT2D eigenvalue weighted by Crippen LogP contribution is -2.02. The van der Waals surface area contributed by atoms with Crippen LogP contribution >= 0.6 is 0 Å². The first-order valence-corrected chi connectivity index (χ1v) is 8.46. The maximum absolute atomic E-state index is 11.5. The van der Waals surface area contributed by atoms with Crippen LogP contribution in [-0.4, -0.2) is 44.2 Å². The summed E-state index contributed by atoms with van der Waals surface area (Å²) >= 11 is 0. The van der Waals surface area contributed by atoms with Crippen molar-refractivity contribution in [3.63, 3.8) is 0 Å². The number of aromatic nitrogens is 1. The first-order chi connectivity index (χ1) is 13.5. The Balaban J connectivity index is 0.000000480. The Kier molecular flexibility index (Phi) is 9.86. The Bertz CT molecular complexity index is 820. The number of ether oxygens (including phenoxy) is 4. The van der Waals surface area contributed by atoms with Crippen LogP contribution in [0.15, 0.2) is 28.8 Å². The third-order valence-electron chi connectivity index (χ3n) is 3.18. The number of hydrogen-bond acceptors (Lipinski definition) is 8. The van der Waals surface area contributed by atoms with Crippen LogP contribution in [-0.2, 0) is 19.0 Å². The molecule has 0 aliphatic carbocycles. The molecule has 0 aliphatic rings. The summed E-state index contributed by atoms with van der Waals surface area (Å²) < 4.78 is 24.4. The Morgan fingerprint density at radius 1 is 1.18 bits per heavy atom. The fourth-order valence-corrected chi connectivity index (χ4v) is 1.98. The molecule has 2 rings (SSSR count). The van der Waals surface area contributed by atoms with Gasteiger partial charge in [-0.25, -0.2) is 9.59 Å². The maximum atomic E-state index is 11.5. The van der Waals surface area contributed by atoms with Crippen molar-refractivity contribution in [2.75, 3.05) is 27.1 Å². The van der Waals surface area contributed by atoms with Crippen molar-refractivity contribution in [2.45, 2.75) is 20.8 Å². The predicted octanol–water partition coefficient (Wildman–Crippen LogP) is 2.99. The minimum Gasteiger partial charge on any atom is -0.467 e. The van der Waals surface area contributed by atoms with E-state index in [0.717, 1.165) is 16.9 Å². The number of carbonyl (C=O) groups excluding carboxylic acids is 2. The molecule has 2 aromatic rings. The molecule has 1 heterocycles. The predicted molar refractivity (Wildman–Crippen MR) is 101 cm³/mol. The van der Waals surface area contributed by atoms with Crippen molar-refractivity contribution >= 4 is 11.9 Å². The van der Waals surface area contributed by atoms with Crippen molar-refractivity contribution in [3.8, 4) is 29.4 Å². The minimum atomic E-state index is -0.595. The summed E-state index contributed by atoms with van der Waals surface area (Å²) in [5.41, 5.74) is 2.33. The lowest BCUT2D eigenvalue weighted by Gasteiger charge is -2.08. The van der Waals surface area contributed by atoms with Crippen molar-refractivity contribution in [1.82, 2.24) is 5.16 Å². The molecule has 0 radical (unpaired) electrons. The number of terminal acetylenes is 1. The lowest BCUT2D eigenvalue weighted by molar-refractivity contribution is -0.136. The van der Waals surface area contributed by atoms with E-state index in [9.17, 15) is 9.59 Å². The fraction of sp³-hybridized carbons (Fsp3) is 0.350. The molecule has 0 fully saturated rings. The van der Waals surface area contributed by atoms with Gasteiger partial charge in [-0.05, 0) is 44.5 Å². The zero-order chi connectivity index (χ0) is 20.9. The highest BCUT2D eigenvalue weighted by molar-refractivity contribution is 5.88. The van der Waals surface area contributed by atoms with Gasteiger partial charge in [-0.2, -0.15) is 0 Å². The molecule has 0 saturated carbocycles. The van der Waals surface area contributed by atoms with Crippen molar-refractivity contribution in [1.29, 1.82) is 0 Å². The Hall–Kier alpha value is -3.31. The molecule has 0 amide bonds. The second-order valence-electron chi connectivity index (χ2n) is 5.19. The van der Waals surface area contributed by atoms with E-state index in [2.05, 4.69) is 16.3 Å². The molecule has 8 heteroatoms. The van der Waals surface area contributed by atoms with Gasteiger partial charge in [0.2, 0.25) is 5.76 Å². The summed E-state index contributed by atoms with van der Waals surface area (Å²) in [7, 11) is 1.57. The molecule has 0 saturated heterocycles. The van der Waals surface area contributed by atoms with E-state index in [-0.39, 0.29) is 12.6 Å². The van der Waals surface area contributed by atoms with Crippen molar-refractivity contribution in [2.24, 2.45) is 0 Å². The van der Waals surface area contributed by atoms with Gasteiger partial charge in [0.25, 0.3) is 0 Å². The molecule has 0 spiro atoms. The molecule has 1 aromatic carbocycles. The quantitative estimate of drug-likeness (QED) is 0.309. The van der Waals surface area contributed by atoms with E-state index in [1.54, 1.807) is 32.9 Å². The highest BCUT2D eigenvalue weighted by atomic mass is 16.7. The highest BCUT2D eigenvalue weighted by Crippen LogP contribution is 2.26. The number of esters is 2. The smallest absolute Gasteiger partial charge is 0.384 e. The van der Waals surface area contributed by atoms with Crippen LogP contribution in [0, 0.1) is 19.3 Å². The second-order valence-corrected chi connectivity index (χ2v) is 5.19. The third-order valence-corrected chi connectivity index (χ3v) is 3.18. The molecule has 0 unspecified atom stereocenters. The van der Waals surface area contributed by atoms with E-state index >= 15 is 0 Å². The number of rotatable bonds is 7. The van der Waals surface area contributed by atoms with E-state index in [1.165, 1.54) is 0 Å². The van der Waals surface area contributed by atoms with Crippen molar-refractivity contribution in [3.05, 3.63) is 35.6 Å². The van der Waals surface area contributed by atoms with Gasteiger partial charge in [-0.3, -0.25) is 0 Å². The van der Waals surface area contributed by atoms with E-state index in [1.807, 2.05) is 25.1 Å². The lowest BCUT2D eigenvalue weighted by atomic mass is 10.1. The molecule has 150 valence electrons. The largest absolute Gasteiger partial charge is 0.467 e. The number of aryl methyl sites for hydroxylation is 1. The van der Waals surface area contributed by atoms with Gasteiger partial charge in [0.1, 0.15) is 11.4 Å². The first kappa shape index (κ1) is 22.7. The number of benzene rings is 1. The molecule has 1 aromatic heterocycles. The SMILES string of the molecule is C#CC(=O)OCC.CCOC(=O)c1cc(-c2ccc(OCOC)c(C)c2)no1. The second kappa shape index (κ2) is 12.1. The normalized spacial score (nSPS) is 9.54. The van der Waals surface area contributed by atoms with E-state index in [0.29, 0.717) is 18.9 Å². The standard InChI is InChI=1S/C15H17NO5.C5H6O2/c1-4-19-15(17)14-8-12(16-21-14)11-5-6-13(10(2)7-11)20-9-18-3;1-3-5(6)7-4-2/h5-8H,4,9H2,1-3H3;1H,4H2,2H3. The molecule has 28 heavy (non-hydrogen) atoms. The van der Waals surface area contributed by atoms with Crippen LogP contribution in [0.1, 0.15) is 30.0 Å². The van der Waals surface area contributed by atoms with Crippen LogP contribution in [0.2, 0.25) is 0 Å². The molecule has 0 bridgehead atoms. The van der Waals surface area contributed by atoms with Crippen molar-refractivity contribution < 1.29 is 33.1 Å². The van der Waals surface area contributed by atoms with Crippen LogP contribution in [0.5, 0.6) is 5.75 Å². The Morgan fingerprint density at radius 3 is 2.43 bits per heavy atom. The zero-order valence-electron chi connectivity index (χ0n) is 16.3. The maximum Gasteiger partial charge on any atom is 0.384 e. The van der Waals surface area contributed by atoms with Gasteiger partial charge in [0.15, 0.2) is 6.79 Å². The summed E-state index contributed by atoms with van der Waals surface area (Å²) in [5.74, 6) is 1.51. The molecular weight excluding hydrogens is 366 g/mol. The summed E-state index contributed by atoms with van der Waals surface area (Å²) in [5, 5.41) is 3.88. The third kappa shape index (κ3) is 7.13. The Morgan fingerprint density at radius 2 is 1.89 bits per heavy atom. The van der Waals surface area contributed by atoms with Gasteiger partial charge in [0, 0.05) is 24.7 Å². The zero-order valence-corrected chi connectivity index (χ0v) is 16.3. The molecule has 0 atom stereocenters. The topological polar surface area (TPSA) is 97.1 Å². The van der Waals surface area contributed by atoms with Gasteiger partial charge in [-0.15, -0.1) is 6.42 Å². The number of carbonyl (C=O) groups is 2. The number of methoxy groups -OCH3 is 1. The Labute approximate surface area is 163 Å². The summed E-state index contributed by atoms with van der Waals surface area (Å²) in [6.07, 6.45) is 4.63. The van der Waals surface area contributed by atoms with Crippen LogP contribution in [0.25, 0.3) is 11.3 Å². The monoisotopic (exact) mass is 389 g/mol. The van der Waals surface area contributed by atoms with E-state index < -0.39 is 11.9 Å². The fourth-order valence-electron chi connectivity index (χ4n) is 1.98. The molecular formula is C20H23NO7. The first-order valence-electron chi connectivity index (χ1n) is 8.46. The highest BCUT2D eigenvalue weighted by Gasteiger charge is 2.15. The summed E-state index contributed by atoms with van der Waals surface area (Å²) in [6.45, 7) is 6.19. The van der Waals surface area contributed by atoms with Gasteiger partial charge < -0.3 is 23.5 Å². The summed E-state index contributed by atoms with van der Waals surface area (Å²) in [4.78, 5) is 21.5. The van der Waals surface area contributed by atoms with Gasteiger partial charge in [0.05, 0.1) is 13.2 Å². The summed E-state index contributed by atoms with van der Waals surface area (Å²) in [6, 6.07) is 7.12. The average Bonchev–Trinajstić information content (AvgIpc) is 3.18. The molecule has 8 nitrogen and oxygen atoms in total. The van der Waals surface area contributed by atoms with Gasteiger partial charge in [-0.1, -0.05) is 5.16 Å².